The van der Waals surface area contributed by atoms with Crippen molar-refractivity contribution in [1.82, 2.24) is 0 Å². The molecule has 2 aromatic carbocycles. The fraction of sp³-hybridized carbons (Fsp3) is 0.417. The quantitative estimate of drug-likeness (QED) is 0.483. The first-order valence-corrected chi connectivity index (χ1v) is 11.2. The van der Waals surface area contributed by atoms with Gasteiger partial charge in [-0.25, -0.2) is 0 Å². The second-order valence-corrected chi connectivity index (χ2v) is 9.12. The van der Waals surface area contributed by atoms with Crippen LogP contribution in [0.5, 0.6) is 0 Å². The van der Waals surface area contributed by atoms with Gasteiger partial charge in [0.1, 0.15) is 0 Å². The van der Waals surface area contributed by atoms with Crippen molar-refractivity contribution in [2.24, 2.45) is 17.8 Å². The minimum Gasteiger partial charge on any atom is -0.550 e. The Morgan fingerprint density at radius 2 is 1.76 bits per heavy atom. The van der Waals surface area contributed by atoms with E-state index in [1.54, 1.807) is 24.3 Å². The van der Waals surface area contributed by atoms with Gasteiger partial charge in [-0.05, 0) is 73.1 Å². The molecule has 0 fully saturated rings. The lowest BCUT2D eigenvalue weighted by Gasteiger charge is -2.26. The number of nitrogens with one attached hydrogen (secondary N) is 1. The summed E-state index contributed by atoms with van der Waals surface area (Å²) in [5, 5.41) is 14.2. The van der Waals surface area contributed by atoms with Crippen molar-refractivity contribution in [1.29, 1.82) is 0 Å². The van der Waals surface area contributed by atoms with Gasteiger partial charge in [0.15, 0.2) is 0 Å². The van der Waals surface area contributed by atoms with Crippen molar-refractivity contribution in [2.75, 3.05) is 5.32 Å². The first-order chi connectivity index (χ1) is 15.3. The number of rotatable bonds is 9. The Morgan fingerprint density at radius 3 is 2.33 bits per heavy atom. The van der Waals surface area contributed by atoms with E-state index in [2.05, 4.69) is 5.32 Å². The van der Waals surface area contributed by atoms with E-state index in [1.807, 2.05) is 6.92 Å². The minimum absolute atomic E-state index is 0.0337. The standard InChI is InChI=1S/C24H26Cl2F3NO3/c1-13-11-18(25)7-5-17(13)6-8-19(15(3)24(27,28)29)22(31)30-21-12-16(4-9-20(21)26)10-14(2)23(32)33/h4-5,7,9,11-12,14-15,19H,6,8,10H2,1-3H3,(H,30,31)(H,32,33)/p-1/t14-,15+,19-/m0/s1. The zero-order valence-electron chi connectivity index (χ0n) is 18.4. The Balaban J connectivity index is 2.25. The third-order valence-corrected chi connectivity index (χ3v) is 6.28. The molecule has 0 unspecified atom stereocenters. The number of aliphatic carboxylic acids is 1. The van der Waals surface area contributed by atoms with E-state index in [0.717, 1.165) is 18.1 Å². The fourth-order valence-corrected chi connectivity index (χ4v) is 3.94. The van der Waals surface area contributed by atoms with Crippen LogP contribution < -0.4 is 10.4 Å². The van der Waals surface area contributed by atoms with Crippen molar-refractivity contribution in [3.8, 4) is 0 Å². The molecule has 2 aromatic rings. The Labute approximate surface area is 201 Å². The van der Waals surface area contributed by atoms with E-state index in [9.17, 15) is 27.9 Å². The molecule has 3 atom stereocenters. The highest BCUT2D eigenvalue weighted by Crippen LogP contribution is 2.36. The molecule has 0 aliphatic rings. The number of carboxylic acid groups (broad SMARTS) is 1. The Kier molecular flexibility index (Phi) is 9.20. The van der Waals surface area contributed by atoms with Crippen molar-refractivity contribution in [3.63, 3.8) is 0 Å². The average Bonchev–Trinajstić information content (AvgIpc) is 2.71. The molecule has 180 valence electrons. The van der Waals surface area contributed by atoms with Crippen LogP contribution in [0.25, 0.3) is 0 Å². The van der Waals surface area contributed by atoms with Gasteiger partial charge in [-0.2, -0.15) is 13.2 Å². The molecule has 0 spiro atoms. The van der Waals surface area contributed by atoms with Gasteiger partial charge in [0.05, 0.1) is 16.6 Å². The number of aryl methyl sites for hydroxylation is 2. The van der Waals surface area contributed by atoms with Crippen LogP contribution in [0.4, 0.5) is 18.9 Å². The van der Waals surface area contributed by atoms with Crippen LogP contribution in [0.15, 0.2) is 36.4 Å². The second kappa shape index (κ2) is 11.3. The van der Waals surface area contributed by atoms with Crippen LogP contribution in [0, 0.1) is 24.7 Å². The molecule has 0 radical (unpaired) electrons. The monoisotopic (exact) mass is 502 g/mol. The molecule has 1 N–H and O–H groups in total. The number of alkyl halides is 3. The molecule has 0 saturated heterocycles. The molecule has 1 amide bonds. The van der Waals surface area contributed by atoms with Gasteiger partial charge in [-0.3, -0.25) is 4.79 Å². The number of carbonyl (C=O) groups excluding carboxylic acids is 2. The summed E-state index contributed by atoms with van der Waals surface area (Å²) in [6.07, 6.45) is -4.21. The highest BCUT2D eigenvalue weighted by atomic mass is 35.5. The molecule has 0 aliphatic carbocycles. The van der Waals surface area contributed by atoms with E-state index in [0.29, 0.717) is 10.6 Å². The molecule has 9 heteroatoms. The molecule has 0 bridgehead atoms. The molecular formula is C24H25Cl2F3NO3-. The SMILES string of the molecule is Cc1cc(Cl)ccc1CC[C@H](C(=O)Nc1cc(C[C@H](C)C(=O)[O-])ccc1Cl)[C@@H](C)C(F)(F)F. The van der Waals surface area contributed by atoms with Crippen molar-refractivity contribution >= 4 is 40.8 Å². The van der Waals surface area contributed by atoms with Gasteiger partial charge in [0, 0.05) is 16.9 Å². The molecule has 0 aliphatic heterocycles. The highest BCUT2D eigenvalue weighted by Gasteiger charge is 2.44. The van der Waals surface area contributed by atoms with Gasteiger partial charge in [-0.15, -0.1) is 0 Å². The Bertz CT molecular complexity index is 1010. The van der Waals surface area contributed by atoms with E-state index >= 15 is 0 Å². The van der Waals surface area contributed by atoms with Crippen LogP contribution in [0.2, 0.25) is 10.0 Å². The maximum atomic E-state index is 13.5. The maximum Gasteiger partial charge on any atom is 0.392 e. The van der Waals surface area contributed by atoms with E-state index in [1.165, 1.54) is 19.1 Å². The Hall–Kier alpha value is -2.25. The number of anilines is 1. The van der Waals surface area contributed by atoms with Crippen LogP contribution in [0.3, 0.4) is 0 Å². The third-order valence-electron chi connectivity index (χ3n) is 5.72. The topological polar surface area (TPSA) is 69.2 Å². The van der Waals surface area contributed by atoms with Crippen LogP contribution >= 0.6 is 23.2 Å². The summed E-state index contributed by atoms with van der Waals surface area (Å²) < 4.78 is 40.6. The number of carboxylic acids is 1. The summed E-state index contributed by atoms with van der Waals surface area (Å²) in [6.45, 7) is 4.27. The lowest BCUT2D eigenvalue weighted by atomic mass is 9.86. The molecule has 0 saturated carbocycles. The summed E-state index contributed by atoms with van der Waals surface area (Å²) in [5.74, 6) is -6.06. The summed E-state index contributed by atoms with van der Waals surface area (Å²) in [4.78, 5) is 24.0. The average molecular weight is 503 g/mol. The zero-order chi connectivity index (χ0) is 24.9. The molecular weight excluding hydrogens is 478 g/mol. The van der Waals surface area contributed by atoms with E-state index < -0.39 is 35.8 Å². The summed E-state index contributed by atoms with van der Waals surface area (Å²) in [5.41, 5.74) is 2.33. The van der Waals surface area contributed by atoms with Crippen LogP contribution in [-0.4, -0.2) is 18.1 Å². The number of benzene rings is 2. The normalized spacial score (nSPS) is 14.4. The number of carbonyl (C=O) groups is 2. The van der Waals surface area contributed by atoms with E-state index in [4.69, 9.17) is 23.2 Å². The van der Waals surface area contributed by atoms with Crippen molar-refractivity contribution in [3.05, 3.63) is 63.1 Å². The molecule has 2 rings (SSSR count). The summed E-state index contributed by atoms with van der Waals surface area (Å²) >= 11 is 12.1. The van der Waals surface area contributed by atoms with Gasteiger partial charge in [0.25, 0.3) is 0 Å². The first kappa shape index (κ1) is 27.0. The number of hydrogen-bond donors (Lipinski definition) is 1. The van der Waals surface area contributed by atoms with Crippen molar-refractivity contribution < 1.29 is 27.9 Å². The molecule has 33 heavy (non-hydrogen) atoms. The van der Waals surface area contributed by atoms with Crippen molar-refractivity contribution in [2.45, 2.75) is 46.2 Å². The van der Waals surface area contributed by atoms with Gasteiger partial charge in [-0.1, -0.05) is 49.2 Å². The van der Waals surface area contributed by atoms with Gasteiger partial charge in [0.2, 0.25) is 5.91 Å². The van der Waals surface area contributed by atoms with Gasteiger partial charge >= 0.3 is 6.18 Å². The summed E-state index contributed by atoms with van der Waals surface area (Å²) in [7, 11) is 0. The molecule has 0 heterocycles. The first-order valence-electron chi connectivity index (χ1n) is 10.4. The highest BCUT2D eigenvalue weighted by molar-refractivity contribution is 6.33. The second-order valence-electron chi connectivity index (χ2n) is 8.27. The third kappa shape index (κ3) is 7.64. The maximum absolute atomic E-state index is 13.5. The van der Waals surface area contributed by atoms with Gasteiger partial charge < -0.3 is 15.2 Å². The lowest BCUT2D eigenvalue weighted by Crippen LogP contribution is -2.36. The number of halogens is 5. The molecule has 4 nitrogen and oxygen atoms in total. The predicted octanol–water partition coefficient (Wildman–Crippen LogP) is 5.62. The predicted molar refractivity (Wildman–Crippen MR) is 121 cm³/mol. The number of hydrogen-bond acceptors (Lipinski definition) is 3. The largest absolute Gasteiger partial charge is 0.550 e. The Morgan fingerprint density at radius 1 is 1.09 bits per heavy atom. The zero-order valence-corrected chi connectivity index (χ0v) is 19.9. The van der Waals surface area contributed by atoms with Crippen LogP contribution in [0.1, 0.15) is 37.0 Å². The molecule has 0 aromatic heterocycles. The van der Waals surface area contributed by atoms with E-state index in [-0.39, 0.29) is 30.0 Å². The number of amides is 1. The fourth-order valence-electron chi connectivity index (χ4n) is 3.54. The van der Waals surface area contributed by atoms with Crippen LogP contribution in [-0.2, 0) is 22.4 Å². The lowest BCUT2D eigenvalue weighted by molar-refractivity contribution is -0.310. The smallest absolute Gasteiger partial charge is 0.392 e. The minimum atomic E-state index is -4.56. The summed E-state index contributed by atoms with van der Waals surface area (Å²) in [6, 6.07) is 9.65.